The minimum absolute atomic E-state index is 0.0101. The van der Waals surface area contributed by atoms with Gasteiger partial charge in [-0.05, 0) is 61.7 Å². The van der Waals surface area contributed by atoms with Crippen LogP contribution < -0.4 is 9.80 Å². The Balaban J connectivity index is 1.62. The van der Waals surface area contributed by atoms with Gasteiger partial charge in [0.1, 0.15) is 11.6 Å². The van der Waals surface area contributed by atoms with E-state index in [1.165, 1.54) is 17.0 Å². The molecule has 1 amide bonds. The van der Waals surface area contributed by atoms with Crippen LogP contribution in [-0.4, -0.2) is 29.9 Å². The van der Waals surface area contributed by atoms with Gasteiger partial charge < -0.3 is 10.0 Å². The van der Waals surface area contributed by atoms with Crippen molar-refractivity contribution < 1.29 is 19.1 Å². The molecule has 0 saturated carbocycles. The van der Waals surface area contributed by atoms with Crippen molar-refractivity contribution in [2.45, 2.75) is 25.8 Å². The van der Waals surface area contributed by atoms with E-state index in [0.717, 1.165) is 37.2 Å². The van der Waals surface area contributed by atoms with Gasteiger partial charge in [-0.2, -0.15) is 0 Å². The van der Waals surface area contributed by atoms with Gasteiger partial charge in [-0.1, -0.05) is 42.0 Å². The SMILES string of the molecule is Cc1ccc(/C(O)=C2\C(=O)C(=O)N(c3ccc(N4CCCC4)cc3)C2c2ccc(F)cc2)cc1. The van der Waals surface area contributed by atoms with Gasteiger partial charge in [0.05, 0.1) is 11.6 Å². The average Bonchev–Trinajstić information content (AvgIpc) is 3.47. The van der Waals surface area contributed by atoms with Crippen molar-refractivity contribution >= 4 is 28.8 Å². The molecule has 0 spiro atoms. The molecule has 6 heteroatoms. The molecule has 1 N–H and O–H groups in total. The van der Waals surface area contributed by atoms with E-state index in [1.807, 2.05) is 43.3 Å². The van der Waals surface area contributed by atoms with Crippen LogP contribution in [0.1, 0.15) is 35.6 Å². The molecule has 5 nitrogen and oxygen atoms in total. The van der Waals surface area contributed by atoms with Gasteiger partial charge in [0, 0.05) is 30.0 Å². The van der Waals surface area contributed by atoms with Crippen LogP contribution in [0.4, 0.5) is 15.8 Å². The molecule has 2 saturated heterocycles. The zero-order valence-corrected chi connectivity index (χ0v) is 18.9. The van der Waals surface area contributed by atoms with Crippen molar-refractivity contribution in [2.24, 2.45) is 0 Å². The summed E-state index contributed by atoms with van der Waals surface area (Å²) in [5.41, 5.74) is 3.59. The number of hydrogen-bond acceptors (Lipinski definition) is 4. The number of amides is 1. The van der Waals surface area contributed by atoms with Crippen LogP contribution >= 0.6 is 0 Å². The fourth-order valence-electron chi connectivity index (χ4n) is 4.73. The number of anilines is 2. The molecule has 0 radical (unpaired) electrons. The third kappa shape index (κ3) is 3.85. The van der Waals surface area contributed by atoms with E-state index < -0.39 is 23.5 Å². The predicted octanol–water partition coefficient (Wildman–Crippen LogP) is 5.36. The van der Waals surface area contributed by atoms with Crippen LogP contribution in [0.2, 0.25) is 0 Å². The van der Waals surface area contributed by atoms with E-state index in [1.54, 1.807) is 24.3 Å². The normalized spacial score (nSPS) is 19.8. The highest BCUT2D eigenvalue weighted by molar-refractivity contribution is 6.51. The van der Waals surface area contributed by atoms with Gasteiger partial charge in [-0.25, -0.2) is 4.39 Å². The lowest BCUT2D eigenvalue weighted by Crippen LogP contribution is -2.29. The number of aliphatic hydroxyl groups is 1. The lowest BCUT2D eigenvalue weighted by molar-refractivity contribution is -0.132. The number of benzene rings is 3. The largest absolute Gasteiger partial charge is 0.507 e. The van der Waals surface area contributed by atoms with Gasteiger partial charge in [0.25, 0.3) is 11.7 Å². The van der Waals surface area contributed by atoms with Gasteiger partial charge in [-0.15, -0.1) is 0 Å². The van der Waals surface area contributed by atoms with Gasteiger partial charge in [0.15, 0.2) is 0 Å². The summed E-state index contributed by atoms with van der Waals surface area (Å²) in [6.07, 6.45) is 2.31. The molecule has 2 aliphatic heterocycles. The van der Waals surface area contributed by atoms with Crippen LogP contribution in [0, 0.1) is 12.7 Å². The summed E-state index contributed by atoms with van der Waals surface area (Å²) < 4.78 is 13.7. The molecule has 2 aliphatic rings. The first-order valence-electron chi connectivity index (χ1n) is 11.4. The molecule has 0 aromatic heterocycles. The van der Waals surface area contributed by atoms with Crippen LogP contribution in [0.25, 0.3) is 5.76 Å². The van der Waals surface area contributed by atoms with Crippen LogP contribution in [0.5, 0.6) is 0 Å². The highest BCUT2D eigenvalue weighted by Crippen LogP contribution is 2.42. The Morgan fingerprint density at radius 3 is 2.06 bits per heavy atom. The van der Waals surface area contributed by atoms with Gasteiger partial charge in [0.2, 0.25) is 0 Å². The molecule has 3 aromatic rings. The maximum Gasteiger partial charge on any atom is 0.300 e. The molecule has 3 aromatic carbocycles. The lowest BCUT2D eigenvalue weighted by Gasteiger charge is -2.26. The highest BCUT2D eigenvalue weighted by Gasteiger charge is 2.47. The second-order valence-corrected chi connectivity index (χ2v) is 8.80. The Bertz CT molecular complexity index is 1260. The Hall–Kier alpha value is -3.93. The van der Waals surface area contributed by atoms with Crippen molar-refractivity contribution in [1.82, 2.24) is 0 Å². The summed E-state index contributed by atoms with van der Waals surface area (Å²) in [4.78, 5) is 30.1. The second-order valence-electron chi connectivity index (χ2n) is 8.80. The van der Waals surface area contributed by atoms with E-state index in [0.29, 0.717) is 16.8 Å². The van der Waals surface area contributed by atoms with Crippen LogP contribution in [-0.2, 0) is 9.59 Å². The first-order valence-corrected chi connectivity index (χ1v) is 11.4. The van der Waals surface area contributed by atoms with E-state index >= 15 is 0 Å². The molecule has 0 bridgehead atoms. The third-order valence-corrected chi connectivity index (χ3v) is 6.55. The Kier molecular flexibility index (Phi) is 5.65. The average molecular weight is 457 g/mol. The first kappa shape index (κ1) is 21.9. The summed E-state index contributed by atoms with van der Waals surface area (Å²) >= 11 is 0. The zero-order valence-electron chi connectivity index (χ0n) is 18.9. The number of aryl methyl sites for hydroxylation is 1. The number of aliphatic hydroxyl groups excluding tert-OH is 1. The standard InChI is InChI=1S/C28H25FN2O3/c1-18-4-6-20(7-5-18)26(32)24-25(19-8-10-21(29)11-9-19)31(28(34)27(24)33)23-14-12-22(13-15-23)30-16-2-3-17-30/h4-15,25,32H,2-3,16-17H2,1H3/b26-24+. The Labute approximate surface area is 197 Å². The maximum atomic E-state index is 13.7. The van der Waals surface area contributed by atoms with Gasteiger partial charge >= 0.3 is 0 Å². The topological polar surface area (TPSA) is 60.9 Å². The number of ketones is 1. The summed E-state index contributed by atoms with van der Waals surface area (Å²) in [6.45, 7) is 3.92. The van der Waals surface area contributed by atoms with E-state index in [9.17, 15) is 19.1 Å². The molecule has 0 aliphatic carbocycles. The molecule has 172 valence electrons. The van der Waals surface area contributed by atoms with E-state index in [-0.39, 0.29) is 11.3 Å². The molecule has 1 unspecified atom stereocenters. The number of carbonyl (C=O) groups is 2. The summed E-state index contributed by atoms with van der Waals surface area (Å²) in [7, 11) is 0. The highest BCUT2D eigenvalue weighted by atomic mass is 19.1. The molecule has 34 heavy (non-hydrogen) atoms. The van der Waals surface area contributed by atoms with Crippen molar-refractivity contribution in [1.29, 1.82) is 0 Å². The minimum atomic E-state index is -0.875. The maximum absolute atomic E-state index is 13.7. The van der Waals surface area contributed by atoms with Gasteiger partial charge in [-0.3, -0.25) is 14.5 Å². The number of hydrogen-bond donors (Lipinski definition) is 1. The number of rotatable bonds is 4. The van der Waals surface area contributed by atoms with E-state index in [2.05, 4.69) is 4.90 Å². The van der Waals surface area contributed by atoms with Crippen molar-refractivity contribution in [2.75, 3.05) is 22.9 Å². The Morgan fingerprint density at radius 2 is 1.44 bits per heavy atom. The monoisotopic (exact) mass is 456 g/mol. The second kappa shape index (κ2) is 8.78. The molecular formula is C28H25FN2O3. The fraction of sp³-hybridized carbons (Fsp3) is 0.214. The summed E-state index contributed by atoms with van der Waals surface area (Å²) in [6, 6.07) is 19.4. The van der Waals surface area contributed by atoms with E-state index in [4.69, 9.17) is 0 Å². The zero-order chi connectivity index (χ0) is 23.8. The molecule has 1 atom stereocenters. The quantitative estimate of drug-likeness (QED) is 0.326. The van der Waals surface area contributed by atoms with Crippen molar-refractivity contribution in [3.63, 3.8) is 0 Å². The summed E-state index contributed by atoms with van der Waals surface area (Å²) in [5, 5.41) is 11.1. The van der Waals surface area contributed by atoms with Crippen LogP contribution in [0.15, 0.2) is 78.4 Å². The number of halogens is 1. The molecule has 2 heterocycles. The Morgan fingerprint density at radius 1 is 0.853 bits per heavy atom. The lowest BCUT2D eigenvalue weighted by atomic mass is 9.95. The first-order chi connectivity index (χ1) is 16.4. The van der Waals surface area contributed by atoms with Crippen molar-refractivity contribution in [3.8, 4) is 0 Å². The fourth-order valence-corrected chi connectivity index (χ4v) is 4.73. The minimum Gasteiger partial charge on any atom is -0.507 e. The predicted molar refractivity (Wildman–Crippen MR) is 130 cm³/mol. The van der Waals surface area contributed by atoms with Crippen molar-refractivity contribution in [3.05, 3.63) is 101 Å². The molecule has 2 fully saturated rings. The smallest absolute Gasteiger partial charge is 0.300 e. The number of nitrogens with zero attached hydrogens (tertiary/aromatic N) is 2. The number of Topliss-reactive ketones (excluding diaryl/α,β-unsaturated/α-hetero) is 1. The molecular weight excluding hydrogens is 431 g/mol. The summed E-state index contributed by atoms with van der Waals surface area (Å²) in [5.74, 6) is -2.16. The molecule has 5 rings (SSSR count). The van der Waals surface area contributed by atoms with Crippen LogP contribution in [0.3, 0.4) is 0 Å². The number of carbonyl (C=O) groups excluding carboxylic acids is 2. The third-order valence-electron chi connectivity index (χ3n) is 6.55.